The Labute approximate surface area is 172 Å². The topological polar surface area (TPSA) is 50.9 Å². The lowest BCUT2D eigenvalue weighted by Gasteiger charge is -2.57. The normalized spacial score (nSPS) is 41.3. The number of fused-ring (bicyclic) bond motifs is 6. The number of rotatable bonds is 1. The molecule has 4 nitrogen and oxygen atoms in total. The van der Waals surface area contributed by atoms with Gasteiger partial charge in [-0.25, -0.2) is 4.68 Å². The zero-order valence-electron chi connectivity index (χ0n) is 17.5. The van der Waals surface area contributed by atoms with Gasteiger partial charge in [0.25, 0.3) is 0 Å². The first kappa shape index (κ1) is 17.9. The molecule has 1 N–H and O–H groups in total. The summed E-state index contributed by atoms with van der Waals surface area (Å²) < 4.78 is 2.12. The number of nitrogens with zero attached hydrogens (tertiary/aromatic N) is 3. The zero-order valence-corrected chi connectivity index (χ0v) is 17.5. The van der Waals surface area contributed by atoms with Crippen molar-refractivity contribution in [1.29, 1.82) is 0 Å². The Hall–Kier alpha value is -1.94. The molecule has 0 radical (unpaired) electrons. The highest BCUT2D eigenvalue weighted by Crippen LogP contribution is 2.65. The molecule has 4 aliphatic carbocycles. The Balaban J connectivity index is 1.36. The average molecular weight is 390 g/mol. The lowest BCUT2D eigenvalue weighted by molar-refractivity contribution is -0.0251. The van der Waals surface area contributed by atoms with Crippen molar-refractivity contribution < 1.29 is 5.11 Å². The standard InChI is InChI=1S/C25H31N3O/c1-24-13-11-17(29)15-16(24)7-8-18-19-9-10-23(25(19,2)14-12-20(18)24)28-22-6-4-3-5-21(22)26-27-28/h3-7,10,17-20,29H,8-9,11-15H2,1-2H3/t17-,18-,19-,20-,24-,25-/m0/s1. The summed E-state index contributed by atoms with van der Waals surface area (Å²) in [6.45, 7) is 4.98. The van der Waals surface area contributed by atoms with Crippen LogP contribution in [0.1, 0.15) is 58.8 Å². The number of aliphatic hydroxyl groups excluding tert-OH is 1. The number of allylic oxidation sites excluding steroid dienone is 3. The average Bonchev–Trinajstić information content (AvgIpc) is 3.29. The molecule has 0 saturated heterocycles. The van der Waals surface area contributed by atoms with Crippen molar-refractivity contribution in [3.63, 3.8) is 0 Å². The first-order valence-electron chi connectivity index (χ1n) is 11.4. The summed E-state index contributed by atoms with van der Waals surface area (Å²) in [4.78, 5) is 0. The van der Waals surface area contributed by atoms with E-state index >= 15 is 0 Å². The predicted octanol–water partition coefficient (Wildman–Crippen LogP) is 5.21. The van der Waals surface area contributed by atoms with E-state index < -0.39 is 0 Å². The summed E-state index contributed by atoms with van der Waals surface area (Å²) in [7, 11) is 0. The molecule has 4 aliphatic rings. The third kappa shape index (κ3) is 2.35. The van der Waals surface area contributed by atoms with E-state index in [-0.39, 0.29) is 11.5 Å². The maximum atomic E-state index is 10.2. The maximum absolute atomic E-state index is 10.2. The Kier molecular flexibility index (Phi) is 3.72. The van der Waals surface area contributed by atoms with E-state index in [0.29, 0.717) is 11.3 Å². The van der Waals surface area contributed by atoms with E-state index in [9.17, 15) is 5.11 Å². The van der Waals surface area contributed by atoms with Gasteiger partial charge in [-0.3, -0.25) is 0 Å². The molecule has 1 aromatic carbocycles. The Morgan fingerprint density at radius 1 is 1.00 bits per heavy atom. The smallest absolute Gasteiger partial charge is 0.113 e. The fourth-order valence-corrected chi connectivity index (χ4v) is 7.56. The Bertz CT molecular complexity index is 1040. The van der Waals surface area contributed by atoms with Crippen LogP contribution in [0, 0.1) is 28.6 Å². The predicted molar refractivity (Wildman–Crippen MR) is 115 cm³/mol. The van der Waals surface area contributed by atoms with Crippen molar-refractivity contribution in [2.45, 2.75) is 64.9 Å². The number of aliphatic hydroxyl groups is 1. The SMILES string of the molecule is C[C@]12CC[C@H](O)CC1=CC[C@@H]1[C@@H]2CC[C@]2(C)C(n3nnc4ccccc43)=CC[C@@H]12. The van der Waals surface area contributed by atoms with Crippen LogP contribution in [0.3, 0.4) is 0 Å². The second-order valence-electron chi connectivity index (χ2n) is 10.4. The summed E-state index contributed by atoms with van der Waals surface area (Å²) >= 11 is 0. The highest BCUT2D eigenvalue weighted by molar-refractivity contribution is 5.79. The number of hydrogen-bond donors (Lipinski definition) is 1. The lowest BCUT2D eigenvalue weighted by Crippen LogP contribution is -2.50. The molecule has 6 rings (SSSR count). The van der Waals surface area contributed by atoms with Crippen LogP contribution in [-0.4, -0.2) is 26.2 Å². The molecule has 29 heavy (non-hydrogen) atoms. The van der Waals surface area contributed by atoms with Crippen molar-refractivity contribution in [3.8, 4) is 0 Å². The molecule has 0 amide bonds. The molecular weight excluding hydrogens is 358 g/mol. The van der Waals surface area contributed by atoms with E-state index in [0.717, 1.165) is 48.6 Å². The van der Waals surface area contributed by atoms with E-state index in [1.54, 1.807) is 5.57 Å². The van der Waals surface area contributed by atoms with Gasteiger partial charge in [-0.1, -0.05) is 48.9 Å². The van der Waals surface area contributed by atoms with Gasteiger partial charge in [0.1, 0.15) is 5.52 Å². The van der Waals surface area contributed by atoms with Gasteiger partial charge in [0.2, 0.25) is 0 Å². The van der Waals surface area contributed by atoms with Crippen LogP contribution >= 0.6 is 0 Å². The van der Waals surface area contributed by atoms with Crippen LogP contribution in [0.4, 0.5) is 0 Å². The fourth-order valence-electron chi connectivity index (χ4n) is 7.56. The van der Waals surface area contributed by atoms with E-state index in [2.05, 4.69) is 59.2 Å². The van der Waals surface area contributed by atoms with Crippen molar-refractivity contribution in [3.05, 3.63) is 42.0 Å². The van der Waals surface area contributed by atoms with Crippen LogP contribution in [0.5, 0.6) is 0 Å². The van der Waals surface area contributed by atoms with Gasteiger partial charge in [-0.2, -0.15) is 0 Å². The van der Waals surface area contributed by atoms with E-state index in [1.807, 2.05) is 6.07 Å². The van der Waals surface area contributed by atoms with Gasteiger partial charge >= 0.3 is 0 Å². The van der Waals surface area contributed by atoms with Crippen molar-refractivity contribution in [1.82, 2.24) is 15.0 Å². The minimum Gasteiger partial charge on any atom is -0.393 e. The molecule has 2 saturated carbocycles. The van der Waals surface area contributed by atoms with Crippen LogP contribution in [0.2, 0.25) is 0 Å². The van der Waals surface area contributed by atoms with E-state index in [4.69, 9.17) is 0 Å². The zero-order chi connectivity index (χ0) is 19.8. The molecule has 152 valence electrons. The first-order valence-corrected chi connectivity index (χ1v) is 11.4. The van der Waals surface area contributed by atoms with Gasteiger partial charge in [0.15, 0.2) is 0 Å². The minimum atomic E-state index is -0.125. The molecule has 2 aromatic rings. The fraction of sp³-hybridized carbons (Fsp3) is 0.600. The molecule has 1 aromatic heterocycles. The molecule has 0 unspecified atom stereocenters. The lowest BCUT2D eigenvalue weighted by atomic mass is 9.48. The van der Waals surface area contributed by atoms with Crippen molar-refractivity contribution >= 4 is 16.7 Å². The van der Waals surface area contributed by atoms with Gasteiger partial charge in [0.05, 0.1) is 11.6 Å². The second-order valence-corrected chi connectivity index (χ2v) is 10.4. The second kappa shape index (κ2) is 6.04. The molecular formula is C25H31N3O. The third-order valence-electron chi connectivity index (χ3n) is 9.20. The van der Waals surface area contributed by atoms with Gasteiger partial charge in [-0.05, 0) is 80.2 Å². The Morgan fingerprint density at radius 2 is 1.83 bits per heavy atom. The van der Waals surface area contributed by atoms with Crippen LogP contribution < -0.4 is 0 Å². The molecule has 6 atom stereocenters. The summed E-state index contributed by atoms with van der Waals surface area (Å²) in [6.07, 6.45) is 12.7. The van der Waals surface area contributed by atoms with Gasteiger partial charge in [-0.15, -0.1) is 5.10 Å². The van der Waals surface area contributed by atoms with Crippen molar-refractivity contribution in [2.24, 2.45) is 28.6 Å². The number of para-hydroxylation sites is 1. The van der Waals surface area contributed by atoms with Gasteiger partial charge < -0.3 is 5.11 Å². The van der Waals surface area contributed by atoms with Crippen LogP contribution in [0.25, 0.3) is 16.7 Å². The third-order valence-corrected chi connectivity index (χ3v) is 9.20. The number of benzene rings is 1. The summed E-state index contributed by atoms with van der Waals surface area (Å²) in [6, 6.07) is 8.31. The van der Waals surface area contributed by atoms with Gasteiger partial charge in [0, 0.05) is 11.1 Å². The monoisotopic (exact) mass is 389 g/mol. The summed E-state index contributed by atoms with van der Waals surface area (Å²) in [5, 5.41) is 19.2. The molecule has 4 heteroatoms. The summed E-state index contributed by atoms with van der Waals surface area (Å²) in [5.74, 6) is 2.18. The van der Waals surface area contributed by atoms with Crippen LogP contribution in [-0.2, 0) is 0 Å². The molecule has 0 aliphatic heterocycles. The molecule has 2 fully saturated rings. The summed E-state index contributed by atoms with van der Waals surface area (Å²) in [5.41, 5.74) is 5.50. The molecule has 0 bridgehead atoms. The highest BCUT2D eigenvalue weighted by atomic mass is 16.3. The Morgan fingerprint density at radius 3 is 2.72 bits per heavy atom. The van der Waals surface area contributed by atoms with E-state index in [1.165, 1.54) is 25.0 Å². The highest BCUT2D eigenvalue weighted by Gasteiger charge is 2.57. The van der Waals surface area contributed by atoms with Crippen LogP contribution in [0.15, 0.2) is 42.0 Å². The molecule has 1 heterocycles. The number of hydrogen-bond acceptors (Lipinski definition) is 3. The first-order chi connectivity index (χ1) is 14.0. The number of aromatic nitrogens is 3. The maximum Gasteiger partial charge on any atom is 0.113 e. The minimum absolute atomic E-state index is 0.125. The van der Waals surface area contributed by atoms with Crippen molar-refractivity contribution in [2.75, 3.05) is 0 Å². The quantitative estimate of drug-likeness (QED) is 0.682. The largest absolute Gasteiger partial charge is 0.393 e. The molecule has 0 spiro atoms.